The predicted octanol–water partition coefficient (Wildman–Crippen LogP) is 3.36. The summed E-state index contributed by atoms with van der Waals surface area (Å²) in [5, 5.41) is 0. The van der Waals surface area contributed by atoms with E-state index < -0.39 is 5.60 Å². The van der Waals surface area contributed by atoms with Crippen molar-refractivity contribution < 1.29 is 9.53 Å². The summed E-state index contributed by atoms with van der Waals surface area (Å²) in [6, 6.07) is 8.24. The molecule has 0 saturated carbocycles. The van der Waals surface area contributed by atoms with Gasteiger partial charge in [0.15, 0.2) is 0 Å². The van der Waals surface area contributed by atoms with Crippen LogP contribution in [0.5, 0.6) is 0 Å². The Bertz CT molecular complexity index is 464. The van der Waals surface area contributed by atoms with Crippen molar-refractivity contribution in [2.45, 2.75) is 39.2 Å². The highest BCUT2D eigenvalue weighted by Gasteiger charge is 2.19. The molecule has 0 N–H and O–H groups in total. The fourth-order valence-electron chi connectivity index (χ4n) is 2.03. The number of rotatable bonds is 2. The van der Waals surface area contributed by atoms with Gasteiger partial charge in [0.1, 0.15) is 5.60 Å². The number of ether oxygens (including phenoxy) is 1. The van der Waals surface area contributed by atoms with E-state index >= 15 is 0 Å². The van der Waals surface area contributed by atoms with E-state index in [0.717, 1.165) is 12.0 Å². The van der Waals surface area contributed by atoms with Gasteiger partial charge < -0.3 is 4.74 Å². The molecule has 0 heterocycles. The highest BCUT2D eigenvalue weighted by molar-refractivity contribution is 5.77. The molecule has 0 aromatic heterocycles. The molecule has 1 aromatic carbocycles. The Kier molecular flexibility index (Phi) is 3.05. The normalized spacial score (nSPS) is 14.2. The number of carbonyl (C=O) groups excluding carboxylic acids is 1. The second-order valence-electron chi connectivity index (χ2n) is 5.44. The molecule has 1 aliphatic rings. The van der Waals surface area contributed by atoms with Crippen molar-refractivity contribution in [1.82, 2.24) is 0 Å². The van der Waals surface area contributed by atoms with Crippen LogP contribution in [0.4, 0.5) is 0 Å². The molecular formula is C15H18O2. The number of hydrogen-bond acceptors (Lipinski definition) is 2. The van der Waals surface area contributed by atoms with Crippen LogP contribution in [0.3, 0.4) is 0 Å². The van der Waals surface area contributed by atoms with Gasteiger partial charge in [0.25, 0.3) is 0 Å². The van der Waals surface area contributed by atoms with E-state index in [4.69, 9.17) is 4.74 Å². The first-order valence-electron chi connectivity index (χ1n) is 5.93. The van der Waals surface area contributed by atoms with Crippen molar-refractivity contribution in [2.24, 2.45) is 0 Å². The lowest BCUT2D eigenvalue weighted by molar-refractivity contribution is -0.153. The molecule has 0 aliphatic heterocycles. The summed E-state index contributed by atoms with van der Waals surface area (Å²) in [6.45, 7) is 5.67. The van der Waals surface area contributed by atoms with E-state index in [0.29, 0.717) is 6.42 Å². The third-order valence-electron chi connectivity index (χ3n) is 2.62. The van der Waals surface area contributed by atoms with Crippen molar-refractivity contribution in [3.63, 3.8) is 0 Å². The second-order valence-corrected chi connectivity index (χ2v) is 5.44. The molecular weight excluding hydrogens is 212 g/mol. The minimum Gasteiger partial charge on any atom is -0.460 e. The van der Waals surface area contributed by atoms with E-state index in [1.807, 2.05) is 32.9 Å². The summed E-state index contributed by atoms with van der Waals surface area (Å²) in [4.78, 5) is 11.7. The Morgan fingerprint density at radius 2 is 2.00 bits per heavy atom. The fourth-order valence-corrected chi connectivity index (χ4v) is 2.03. The lowest BCUT2D eigenvalue weighted by atomic mass is 10.1. The summed E-state index contributed by atoms with van der Waals surface area (Å²) in [6.07, 6.45) is 3.36. The molecule has 90 valence electrons. The van der Waals surface area contributed by atoms with Crippen LogP contribution in [0.25, 0.3) is 6.08 Å². The van der Waals surface area contributed by atoms with Crippen molar-refractivity contribution in [3.05, 3.63) is 41.0 Å². The maximum absolute atomic E-state index is 11.7. The van der Waals surface area contributed by atoms with E-state index in [2.05, 4.69) is 18.2 Å². The van der Waals surface area contributed by atoms with Gasteiger partial charge in [0.2, 0.25) is 0 Å². The van der Waals surface area contributed by atoms with Crippen LogP contribution in [-0.4, -0.2) is 11.6 Å². The topological polar surface area (TPSA) is 26.3 Å². The van der Waals surface area contributed by atoms with Crippen LogP contribution in [0, 0.1) is 0 Å². The van der Waals surface area contributed by atoms with Crippen LogP contribution < -0.4 is 0 Å². The first kappa shape index (κ1) is 11.9. The van der Waals surface area contributed by atoms with Gasteiger partial charge >= 0.3 is 5.97 Å². The molecule has 0 amide bonds. The minimum absolute atomic E-state index is 0.142. The minimum atomic E-state index is -0.400. The Labute approximate surface area is 102 Å². The van der Waals surface area contributed by atoms with Crippen molar-refractivity contribution in [1.29, 1.82) is 0 Å². The van der Waals surface area contributed by atoms with Gasteiger partial charge in [-0.2, -0.15) is 0 Å². The number of carbonyl (C=O) groups is 1. The zero-order valence-corrected chi connectivity index (χ0v) is 10.6. The van der Waals surface area contributed by atoms with Crippen LogP contribution >= 0.6 is 0 Å². The number of benzene rings is 1. The first-order chi connectivity index (χ1) is 7.94. The maximum Gasteiger partial charge on any atom is 0.310 e. The van der Waals surface area contributed by atoms with E-state index in [-0.39, 0.29) is 5.97 Å². The Hall–Kier alpha value is -1.57. The standard InChI is InChI=1S/C15H18O2/c1-15(2,3)17-14(16)10-11-8-12-6-4-5-7-13(12)9-11/h4-8H,9-10H2,1-3H3. The van der Waals surface area contributed by atoms with Crippen LogP contribution in [0.15, 0.2) is 29.8 Å². The lowest BCUT2D eigenvalue weighted by Gasteiger charge is -2.19. The molecule has 1 aromatic rings. The molecule has 0 saturated heterocycles. The average Bonchev–Trinajstić information content (AvgIpc) is 2.55. The zero-order chi connectivity index (χ0) is 12.5. The van der Waals surface area contributed by atoms with Crippen LogP contribution in [0.1, 0.15) is 38.3 Å². The smallest absolute Gasteiger partial charge is 0.310 e. The molecule has 0 unspecified atom stereocenters. The zero-order valence-electron chi connectivity index (χ0n) is 10.6. The van der Waals surface area contributed by atoms with E-state index in [9.17, 15) is 4.79 Å². The Balaban J connectivity index is 1.98. The number of hydrogen-bond donors (Lipinski definition) is 0. The van der Waals surface area contributed by atoms with Crippen molar-refractivity contribution in [3.8, 4) is 0 Å². The second kappa shape index (κ2) is 4.36. The predicted molar refractivity (Wildman–Crippen MR) is 68.6 cm³/mol. The van der Waals surface area contributed by atoms with Crippen LogP contribution in [0.2, 0.25) is 0 Å². The third kappa shape index (κ3) is 3.19. The van der Waals surface area contributed by atoms with Gasteiger partial charge in [0, 0.05) is 0 Å². The van der Waals surface area contributed by atoms with Gasteiger partial charge in [-0.25, -0.2) is 0 Å². The van der Waals surface area contributed by atoms with Gasteiger partial charge in [-0.3, -0.25) is 4.79 Å². The molecule has 2 rings (SSSR count). The molecule has 0 spiro atoms. The highest BCUT2D eigenvalue weighted by atomic mass is 16.6. The molecule has 0 bridgehead atoms. The molecule has 0 atom stereocenters. The molecule has 2 heteroatoms. The Morgan fingerprint density at radius 3 is 2.65 bits per heavy atom. The number of fused-ring (bicyclic) bond motifs is 1. The summed E-state index contributed by atoms with van der Waals surface area (Å²) in [7, 11) is 0. The maximum atomic E-state index is 11.7. The highest BCUT2D eigenvalue weighted by Crippen LogP contribution is 2.27. The molecule has 0 radical (unpaired) electrons. The molecule has 0 fully saturated rings. The first-order valence-corrected chi connectivity index (χ1v) is 5.93. The molecule has 17 heavy (non-hydrogen) atoms. The van der Waals surface area contributed by atoms with Gasteiger partial charge in [-0.05, 0) is 38.3 Å². The summed E-state index contributed by atoms with van der Waals surface area (Å²) in [5.74, 6) is -0.142. The third-order valence-corrected chi connectivity index (χ3v) is 2.62. The van der Waals surface area contributed by atoms with Crippen LogP contribution in [-0.2, 0) is 16.0 Å². The van der Waals surface area contributed by atoms with Crippen molar-refractivity contribution in [2.75, 3.05) is 0 Å². The SMILES string of the molecule is CC(C)(C)OC(=O)CC1=Cc2ccccc2C1. The Morgan fingerprint density at radius 1 is 1.29 bits per heavy atom. The number of esters is 1. The average molecular weight is 230 g/mol. The monoisotopic (exact) mass is 230 g/mol. The quantitative estimate of drug-likeness (QED) is 0.728. The molecule has 2 nitrogen and oxygen atoms in total. The lowest BCUT2D eigenvalue weighted by Crippen LogP contribution is -2.23. The van der Waals surface area contributed by atoms with E-state index in [1.165, 1.54) is 11.1 Å². The van der Waals surface area contributed by atoms with Gasteiger partial charge in [-0.1, -0.05) is 35.9 Å². The summed E-state index contributed by atoms with van der Waals surface area (Å²) < 4.78 is 5.32. The van der Waals surface area contributed by atoms with Gasteiger partial charge in [0.05, 0.1) is 6.42 Å². The van der Waals surface area contributed by atoms with Crippen molar-refractivity contribution >= 4 is 12.0 Å². The summed E-state index contributed by atoms with van der Waals surface area (Å²) in [5.41, 5.74) is 3.26. The largest absolute Gasteiger partial charge is 0.460 e. The summed E-state index contributed by atoms with van der Waals surface area (Å²) >= 11 is 0. The van der Waals surface area contributed by atoms with E-state index in [1.54, 1.807) is 0 Å². The molecule has 1 aliphatic carbocycles. The fraction of sp³-hybridized carbons (Fsp3) is 0.400. The van der Waals surface area contributed by atoms with Gasteiger partial charge in [-0.15, -0.1) is 0 Å².